The molecule has 22 heavy (non-hydrogen) atoms. The smallest absolute Gasteiger partial charge is 0.256 e. The van der Waals surface area contributed by atoms with E-state index in [9.17, 15) is 15.0 Å². The fourth-order valence-electron chi connectivity index (χ4n) is 2.45. The van der Waals surface area contributed by atoms with Gasteiger partial charge in [0.25, 0.3) is 5.91 Å². The van der Waals surface area contributed by atoms with Gasteiger partial charge in [0.2, 0.25) is 0 Å². The molecule has 1 aliphatic heterocycles. The molecule has 0 saturated heterocycles. The zero-order valence-corrected chi connectivity index (χ0v) is 14.6. The number of halogens is 2. The molecule has 0 unspecified atom stereocenters. The SMILES string of the molecule is Cc1cc(O)cc(O)c1C=C1C(=O)Nc2c(Br)cc(Br)cc21. The molecule has 2 aromatic carbocycles. The normalized spacial score (nSPS) is 15.0. The Labute approximate surface area is 143 Å². The number of aromatic hydroxyl groups is 2. The Morgan fingerprint density at radius 3 is 2.55 bits per heavy atom. The number of aryl methyl sites for hydroxylation is 1. The second-order valence-electron chi connectivity index (χ2n) is 5.02. The molecule has 0 spiro atoms. The quantitative estimate of drug-likeness (QED) is 0.593. The maximum Gasteiger partial charge on any atom is 0.256 e. The molecule has 0 bridgehead atoms. The Hall–Kier alpha value is -1.79. The highest BCUT2D eigenvalue weighted by Gasteiger charge is 2.27. The molecular weight excluding hydrogens is 414 g/mol. The van der Waals surface area contributed by atoms with E-state index in [-0.39, 0.29) is 17.4 Å². The fraction of sp³-hybridized carbons (Fsp3) is 0.0625. The van der Waals surface area contributed by atoms with Crippen molar-refractivity contribution in [2.45, 2.75) is 6.92 Å². The van der Waals surface area contributed by atoms with Crippen LogP contribution in [0.1, 0.15) is 16.7 Å². The number of carbonyl (C=O) groups is 1. The van der Waals surface area contributed by atoms with Crippen molar-refractivity contribution in [1.29, 1.82) is 0 Å². The average molecular weight is 425 g/mol. The van der Waals surface area contributed by atoms with Gasteiger partial charge in [-0.3, -0.25) is 4.79 Å². The van der Waals surface area contributed by atoms with Crippen molar-refractivity contribution >= 4 is 55.1 Å². The fourth-order valence-corrected chi connectivity index (χ4v) is 3.78. The van der Waals surface area contributed by atoms with Crippen molar-refractivity contribution in [3.8, 4) is 11.5 Å². The minimum atomic E-state index is -0.235. The first kappa shape index (κ1) is 15.1. The molecule has 1 amide bonds. The van der Waals surface area contributed by atoms with Crippen LogP contribution in [-0.2, 0) is 4.79 Å². The van der Waals surface area contributed by atoms with Crippen LogP contribution >= 0.6 is 31.9 Å². The minimum Gasteiger partial charge on any atom is -0.508 e. The number of anilines is 1. The summed E-state index contributed by atoms with van der Waals surface area (Å²) in [5.74, 6) is -0.320. The number of phenols is 2. The number of carbonyl (C=O) groups excluding carboxylic acids is 1. The van der Waals surface area contributed by atoms with Gasteiger partial charge in [-0.05, 0) is 52.7 Å². The second-order valence-corrected chi connectivity index (χ2v) is 6.79. The van der Waals surface area contributed by atoms with E-state index in [4.69, 9.17) is 0 Å². The number of hydrogen-bond acceptors (Lipinski definition) is 3. The summed E-state index contributed by atoms with van der Waals surface area (Å²) in [6.07, 6.45) is 1.63. The van der Waals surface area contributed by atoms with Crippen LogP contribution in [0.4, 0.5) is 5.69 Å². The van der Waals surface area contributed by atoms with E-state index in [0.717, 1.165) is 14.5 Å². The van der Waals surface area contributed by atoms with Crippen molar-refractivity contribution < 1.29 is 15.0 Å². The first-order chi connectivity index (χ1) is 10.4. The Morgan fingerprint density at radius 1 is 1.14 bits per heavy atom. The largest absolute Gasteiger partial charge is 0.508 e. The summed E-state index contributed by atoms with van der Waals surface area (Å²) in [7, 11) is 0. The van der Waals surface area contributed by atoms with E-state index in [1.807, 2.05) is 12.1 Å². The van der Waals surface area contributed by atoms with Crippen LogP contribution in [-0.4, -0.2) is 16.1 Å². The van der Waals surface area contributed by atoms with Gasteiger partial charge >= 0.3 is 0 Å². The predicted molar refractivity (Wildman–Crippen MR) is 92.9 cm³/mol. The molecule has 3 rings (SSSR count). The lowest BCUT2D eigenvalue weighted by atomic mass is 10.0. The molecule has 1 aliphatic rings. The highest BCUT2D eigenvalue weighted by Crippen LogP contribution is 2.41. The monoisotopic (exact) mass is 423 g/mol. The van der Waals surface area contributed by atoms with Crippen LogP contribution in [0.5, 0.6) is 11.5 Å². The van der Waals surface area contributed by atoms with Crippen molar-refractivity contribution in [2.24, 2.45) is 0 Å². The lowest BCUT2D eigenvalue weighted by Crippen LogP contribution is -2.04. The maximum absolute atomic E-state index is 12.2. The molecule has 1 heterocycles. The molecule has 112 valence electrons. The van der Waals surface area contributed by atoms with Crippen LogP contribution in [0.25, 0.3) is 11.6 Å². The Balaban J connectivity index is 2.21. The second kappa shape index (κ2) is 5.44. The first-order valence-corrected chi connectivity index (χ1v) is 8.00. The molecule has 0 aromatic heterocycles. The van der Waals surface area contributed by atoms with E-state index in [2.05, 4.69) is 37.2 Å². The third-order valence-electron chi connectivity index (χ3n) is 3.47. The van der Waals surface area contributed by atoms with Gasteiger partial charge in [0.05, 0.1) is 5.69 Å². The topological polar surface area (TPSA) is 69.6 Å². The van der Waals surface area contributed by atoms with E-state index < -0.39 is 0 Å². The summed E-state index contributed by atoms with van der Waals surface area (Å²) in [5, 5.41) is 22.3. The van der Waals surface area contributed by atoms with Crippen LogP contribution in [0.2, 0.25) is 0 Å². The molecule has 6 heteroatoms. The maximum atomic E-state index is 12.2. The number of benzene rings is 2. The third-order valence-corrected chi connectivity index (χ3v) is 4.55. The molecule has 0 fully saturated rings. The summed E-state index contributed by atoms with van der Waals surface area (Å²) in [5.41, 5.74) is 3.10. The lowest BCUT2D eigenvalue weighted by molar-refractivity contribution is -0.110. The van der Waals surface area contributed by atoms with Gasteiger partial charge in [-0.1, -0.05) is 15.9 Å². The molecule has 0 saturated carbocycles. The number of hydrogen-bond donors (Lipinski definition) is 3. The predicted octanol–water partition coefficient (Wildman–Crippen LogP) is 4.42. The van der Waals surface area contributed by atoms with Crippen molar-refractivity contribution in [3.63, 3.8) is 0 Å². The molecule has 0 atom stereocenters. The Kier molecular flexibility index (Phi) is 3.74. The lowest BCUT2D eigenvalue weighted by Gasteiger charge is -2.07. The van der Waals surface area contributed by atoms with Crippen LogP contribution in [0.3, 0.4) is 0 Å². The molecular formula is C16H11Br2NO3. The zero-order chi connectivity index (χ0) is 16.0. The number of nitrogens with one attached hydrogen (secondary N) is 1. The summed E-state index contributed by atoms with van der Waals surface area (Å²) in [4.78, 5) is 12.2. The van der Waals surface area contributed by atoms with Gasteiger partial charge in [0.1, 0.15) is 11.5 Å². The van der Waals surface area contributed by atoms with E-state index in [0.29, 0.717) is 22.4 Å². The number of phenolic OH excluding ortho intramolecular Hbond substituents is 2. The summed E-state index contributed by atoms with van der Waals surface area (Å²) >= 11 is 6.83. The zero-order valence-electron chi connectivity index (χ0n) is 11.4. The van der Waals surface area contributed by atoms with Gasteiger partial charge in [0.15, 0.2) is 0 Å². The summed E-state index contributed by atoms with van der Waals surface area (Å²) in [6.45, 7) is 1.76. The highest BCUT2D eigenvalue weighted by molar-refractivity contribution is 9.11. The van der Waals surface area contributed by atoms with Crippen LogP contribution < -0.4 is 5.32 Å². The van der Waals surface area contributed by atoms with Gasteiger partial charge in [0, 0.05) is 31.7 Å². The molecule has 0 aliphatic carbocycles. The number of fused-ring (bicyclic) bond motifs is 1. The van der Waals surface area contributed by atoms with E-state index in [1.165, 1.54) is 12.1 Å². The van der Waals surface area contributed by atoms with Crippen molar-refractivity contribution in [1.82, 2.24) is 0 Å². The van der Waals surface area contributed by atoms with Gasteiger partial charge in [-0.25, -0.2) is 0 Å². The Bertz CT molecular complexity index is 821. The summed E-state index contributed by atoms with van der Waals surface area (Å²) in [6, 6.07) is 6.49. The third kappa shape index (κ3) is 2.53. The van der Waals surface area contributed by atoms with Crippen molar-refractivity contribution in [2.75, 3.05) is 5.32 Å². The number of rotatable bonds is 1. The van der Waals surface area contributed by atoms with Crippen LogP contribution in [0.15, 0.2) is 33.2 Å². The average Bonchev–Trinajstić information content (AvgIpc) is 2.70. The molecule has 4 nitrogen and oxygen atoms in total. The molecule has 2 aromatic rings. The van der Waals surface area contributed by atoms with Gasteiger partial charge < -0.3 is 15.5 Å². The van der Waals surface area contributed by atoms with Crippen LogP contribution in [0, 0.1) is 6.92 Å². The van der Waals surface area contributed by atoms with Crippen molar-refractivity contribution in [3.05, 3.63) is 49.9 Å². The van der Waals surface area contributed by atoms with Gasteiger partial charge in [-0.2, -0.15) is 0 Å². The first-order valence-electron chi connectivity index (χ1n) is 6.42. The molecule has 3 N–H and O–H groups in total. The van der Waals surface area contributed by atoms with E-state index in [1.54, 1.807) is 13.0 Å². The van der Waals surface area contributed by atoms with E-state index >= 15 is 0 Å². The highest BCUT2D eigenvalue weighted by atomic mass is 79.9. The Morgan fingerprint density at radius 2 is 1.86 bits per heavy atom. The standard InChI is InChI=1S/C16H11Br2NO3/c1-7-2-9(20)5-14(21)10(7)6-12-11-3-8(17)4-13(18)15(11)19-16(12)22/h2-6,20-21H,1H3,(H,19,22). The minimum absolute atomic E-state index is 0.0149. The van der Waals surface area contributed by atoms with Gasteiger partial charge in [-0.15, -0.1) is 0 Å². The molecule has 0 radical (unpaired) electrons. The number of amides is 1. The summed E-state index contributed by atoms with van der Waals surface area (Å²) < 4.78 is 1.62.